The number of benzene rings is 2. The van der Waals surface area contributed by atoms with Gasteiger partial charge in [0, 0.05) is 23.0 Å². The van der Waals surface area contributed by atoms with Crippen LogP contribution in [0.15, 0.2) is 48.5 Å². The predicted octanol–water partition coefficient (Wildman–Crippen LogP) is 5.26. The van der Waals surface area contributed by atoms with Crippen molar-refractivity contribution in [1.29, 1.82) is 0 Å². The Labute approximate surface area is 238 Å². The average Bonchev–Trinajstić information content (AvgIpc) is 3.73. The van der Waals surface area contributed by atoms with Crippen LogP contribution in [-0.2, 0) is 24.4 Å². The first kappa shape index (κ1) is 29.4. The lowest BCUT2D eigenvalue weighted by atomic mass is 9.67. The number of piperidine rings is 1. The topological polar surface area (TPSA) is 112 Å². The Morgan fingerprint density at radius 2 is 1.74 bits per heavy atom. The summed E-state index contributed by atoms with van der Waals surface area (Å²) in [6.45, 7) is 3.30. The van der Waals surface area contributed by atoms with E-state index in [0.29, 0.717) is 28.5 Å². The van der Waals surface area contributed by atoms with Gasteiger partial charge >= 0.3 is 5.97 Å². The number of carboxylic acid groups (broad SMARTS) is 1. The molecule has 0 aromatic heterocycles. The van der Waals surface area contributed by atoms with E-state index in [2.05, 4.69) is 0 Å². The Balaban J connectivity index is 1.91. The van der Waals surface area contributed by atoms with Crippen molar-refractivity contribution in [2.75, 3.05) is 7.05 Å². The fraction of sp³-hybridized carbons (Fsp3) is 0.464. The number of nitrogens with zero attached hydrogens (tertiary/aromatic N) is 2. The van der Waals surface area contributed by atoms with Crippen molar-refractivity contribution < 1.29 is 27.9 Å². The Morgan fingerprint density at radius 3 is 2.28 bits per heavy atom. The Bertz CT molecular complexity index is 1380. The number of carboxylic acids is 1. The number of hydrogen-bond acceptors (Lipinski definition) is 5. The highest BCUT2D eigenvalue weighted by molar-refractivity contribution is 7.90. The van der Waals surface area contributed by atoms with Gasteiger partial charge in [-0.15, -0.1) is 0 Å². The third-order valence-electron chi connectivity index (χ3n) is 7.78. The molecule has 1 saturated heterocycles. The third-order valence-corrected chi connectivity index (χ3v) is 10.5. The van der Waals surface area contributed by atoms with Gasteiger partial charge in [-0.2, -0.15) is 0 Å². The first-order chi connectivity index (χ1) is 18.3. The van der Waals surface area contributed by atoms with Crippen LogP contribution in [0.5, 0.6) is 0 Å². The monoisotopic (exact) mass is 594 g/mol. The molecule has 2 aliphatic rings. The van der Waals surface area contributed by atoms with Gasteiger partial charge in [0.2, 0.25) is 15.9 Å². The minimum atomic E-state index is -3.87. The van der Waals surface area contributed by atoms with Crippen molar-refractivity contribution in [3.63, 3.8) is 0 Å². The van der Waals surface area contributed by atoms with E-state index in [-0.39, 0.29) is 12.8 Å². The van der Waals surface area contributed by atoms with Crippen LogP contribution in [0.2, 0.25) is 10.0 Å². The third kappa shape index (κ3) is 5.81. The number of likely N-dealkylation sites (tertiary alicyclic amines) is 1. The molecule has 2 aromatic rings. The second kappa shape index (κ2) is 11.1. The molecule has 1 heterocycles. The lowest BCUT2D eigenvalue weighted by Gasteiger charge is -2.51. The maximum absolute atomic E-state index is 14.3. The van der Waals surface area contributed by atoms with Crippen molar-refractivity contribution >= 4 is 51.0 Å². The number of aliphatic carboxylic acids is 1. The number of carbonyl (C=O) groups excluding carboxylic acids is 2. The van der Waals surface area contributed by atoms with Gasteiger partial charge in [-0.05, 0) is 61.1 Å². The Hall–Kier alpha value is -2.62. The molecule has 1 aliphatic heterocycles. The summed E-state index contributed by atoms with van der Waals surface area (Å²) < 4.78 is 26.8. The van der Waals surface area contributed by atoms with Gasteiger partial charge in [0.1, 0.15) is 6.04 Å². The van der Waals surface area contributed by atoms with Crippen LogP contribution in [0.25, 0.3) is 0 Å². The number of likely N-dealkylation sites (N-methyl/N-ethyl adjacent to an activating group) is 1. The lowest BCUT2D eigenvalue weighted by Crippen LogP contribution is -2.60. The van der Waals surface area contributed by atoms with E-state index >= 15 is 0 Å². The molecular formula is C28H32Cl2N2O6S. The molecule has 1 aliphatic carbocycles. The van der Waals surface area contributed by atoms with Crippen LogP contribution < -0.4 is 0 Å². The average molecular weight is 596 g/mol. The summed E-state index contributed by atoms with van der Waals surface area (Å²) in [6, 6.07) is 12.2. The standard InChI is InChI=1S/C28H32Cl2N2O6S/c1-4-23(26(35)31(3)39(37,38)21-12-13-21)32-25(17-8-10-19(29)11-9-17)22(18-6-5-7-20(30)14-18)15-28(2,27(32)36)16-24(33)34/h5-11,14,21-23,25H,4,12-13,15-16H2,1-3H3,(H,33,34)/t22?,23-,25+,28+/m0/s1. The fourth-order valence-electron chi connectivity index (χ4n) is 5.64. The molecule has 2 amide bonds. The molecule has 39 heavy (non-hydrogen) atoms. The summed E-state index contributed by atoms with van der Waals surface area (Å²) >= 11 is 12.5. The zero-order valence-electron chi connectivity index (χ0n) is 22.0. The second-order valence-electron chi connectivity index (χ2n) is 10.7. The van der Waals surface area contributed by atoms with Gasteiger partial charge in [-0.1, -0.05) is 61.3 Å². The van der Waals surface area contributed by atoms with E-state index < -0.39 is 62.9 Å². The SMILES string of the molecule is CC[C@@H](C(=O)N(C)S(=O)(=O)C1CC1)N1C(=O)[C@@](C)(CC(=O)O)CC(c2cccc(Cl)c2)[C@H]1c1ccc(Cl)cc1. The van der Waals surface area contributed by atoms with Crippen molar-refractivity contribution in [2.45, 2.75) is 69.2 Å². The number of rotatable bonds is 9. The van der Waals surface area contributed by atoms with E-state index in [1.165, 1.54) is 11.9 Å². The molecule has 4 atom stereocenters. The smallest absolute Gasteiger partial charge is 0.304 e. The molecular weight excluding hydrogens is 563 g/mol. The lowest BCUT2D eigenvalue weighted by molar-refractivity contribution is -0.163. The quantitative estimate of drug-likeness (QED) is 0.423. The van der Waals surface area contributed by atoms with Crippen LogP contribution in [0.4, 0.5) is 0 Å². The largest absolute Gasteiger partial charge is 0.481 e. The highest BCUT2D eigenvalue weighted by atomic mass is 35.5. The molecule has 11 heteroatoms. The highest BCUT2D eigenvalue weighted by Gasteiger charge is 2.54. The summed E-state index contributed by atoms with van der Waals surface area (Å²) in [7, 11) is -2.63. The zero-order valence-corrected chi connectivity index (χ0v) is 24.3. The molecule has 8 nitrogen and oxygen atoms in total. The summed E-state index contributed by atoms with van der Waals surface area (Å²) in [5, 5.41) is 10.1. The van der Waals surface area contributed by atoms with Gasteiger partial charge in [-0.25, -0.2) is 12.7 Å². The molecule has 0 spiro atoms. The van der Waals surface area contributed by atoms with Gasteiger partial charge < -0.3 is 10.0 Å². The van der Waals surface area contributed by atoms with Gasteiger partial charge in [0.05, 0.1) is 23.1 Å². The maximum Gasteiger partial charge on any atom is 0.304 e. The van der Waals surface area contributed by atoms with Crippen LogP contribution in [0, 0.1) is 5.41 Å². The van der Waals surface area contributed by atoms with Crippen molar-refractivity contribution in [3.05, 3.63) is 69.7 Å². The zero-order chi connectivity index (χ0) is 28.7. The van der Waals surface area contributed by atoms with E-state index in [1.807, 2.05) is 6.07 Å². The predicted molar refractivity (Wildman–Crippen MR) is 149 cm³/mol. The van der Waals surface area contributed by atoms with Gasteiger partial charge in [0.15, 0.2) is 0 Å². The summed E-state index contributed by atoms with van der Waals surface area (Å²) in [6.07, 6.45) is 0.835. The number of halogens is 2. The summed E-state index contributed by atoms with van der Waals surface area (Å²) in [4.78, 5) is 41.5. The number of hydrogen-bond donors (Lipinski definition) is 1. The van der Waals surface area contributed by atoms with Crippen LogP contribution in [0.1, 0.15) is 69.0 Å². The van der Waals surface area contributed by atoms with E-state index in [1.54, 1.807) is 56.3 Å². The van der Waals surface area contributed by atoms with Crippen molar-refractivity contribution in [2.24, 2.45) is 5.41 Å². The van der Waals surface area contributed by atoms with Gasteiger partial charge in [0.25, 0.3) is 5.91 Å². The minimum Gasteiger partial charge on any atom is -0.481 e. The molecule has 1 N–H and O–H groups in total. The molecule has 1 saturated carbocycles. The summed E-state index contributed by atoms with van der Waals surface area (Å²) in [5.41, 5.74) is 0.107. The normalized spacial score (nSPS) is 24.3. The van der Waals surface area contributed by atoms with Crippen molar-refractivity contribution in [1.82, 2.24) is 9.21 Å². The molecule has 1 unspecified atom stereocenters. The first-order valence-corrected chi connectivity index (χ1v) is 15.1. The van der Waals surface area contributed by atoms with E-state index in [4.69, 9.17) is 23.2 Å². The summed E-state index contributed by atoms with van der Waals surface area (Å²) in [5.74, 6) is -2.82. The molecule has 0 bridgehead atoms. The second-order valence-corrected chi connectivity index (χ2v) is 13.8. The van der Waals surface area contributed by atoms with Crippen LogP contribution >= 0.6 is 23.2 Å². The van der Waals surface area contributed by atoms with Crippen molar-refractivity contribution in [3.8, 4) is 0 Å². The Morgan fingerprint density at radius 1 is 1.10 bits per heavy atom. The van der Waals surface area contributed by atoms with Crippen LogP contribution in [0.3, 0.4) is 0 Å². The number of sulfonamides is 1. The van der Waals surface area contributed by atoms with E-state index in [9.17, 15) is 27.9 Å². The molecule has 4 rings (SSSR count). The van der Waals surface area contributed by atoms with Gasteiger partial charge in [-0.3, -0.25) is 14.4 Å². The highest BCUT2D eigenvalue weighted by Crippen LogP contribution is 2.52. The number of carbonyl (C=O) groups is 3. The minimum absolute atomic E-state index is 0.130. The molecule has 2 fully saturated rings. The number of amides is 2. The molecule has 2 aromatic carbocycles. The first-order valence-electron chi connectivity index (χ1n) is 12.9. The Kier molecular flexibility index (Phi) is 8.36. The maximum atomic E-state index is 14.3. The molecule has 210 valence electrons. The van der Waals surface area contributed by atoms with E-state index in [0.717, 1.165) is 9.87 Å². The molecule has 0 radical (unpaired) electrons. The van der Waals surface area contributed by atoms with Crippen LogP contribution in [-0.4, -0.2) is 58.9 Å². The fourth-order valence-corrected chi connectivity index (χ4v) is 7.51.